The monoisotopic (exact) mass is 453 g/mol. The molecule has 2 rings (SSSR count). The van der Waals surface area contributed by atoms with Gasteiger partial charge in [-0.25, -0.2) is 4.39 Å². The lowest BCUT2D eigenvalue weighted by molar-refractivity contribution is 0.102. The van der Waals surface area contributed by atoms with Crippen LogP contribution in [0.5, 0.6) is 0 Å². The zero-order valence-corrected chi connectivity index (χ0v) is 13.9. The van der Waals surface area contributed by atoms with Crippen molar-refractivity contribution in [3.05, 3.63) is 60.8 Å². The van der Waals surface area contributed by atoms with E-state index in [-0.39, 0.29) is 11.7 Å². The second kappa shape index (κ2) is 6.19. The summed E-state index contributed by atoms with van der Waals surface area (Å²) in [6, 6.07) is 9.14. The normalized spacial score (nSPS) is 10.3. The summed E-state index contributed by atoms with van der Waals surface area (Å²) in [6.07, 6.45) is 0. The maximum atomic E-state index is 13.0. The highest BCUT2D eigenvalue weighted by Gasteiger charge is 2.12. The van der Waals surface area contributed by atoms with Gasteiger partial charge in [0.15, 0.2) is 0 Å². The Morgan fingerprint density at radius 1 is 1.26 bits per heavy atom. The number of benzene rings is 2. The molecular weight excluding hydrogens is 447 g/mol. The molecule has 2 nitrogen and oxygen atoms in total. The Bertz CT molecular complexity index is 651. The van der Waals surface area contributed by atoms with Gasteiger partial charge in [0.05, 0.1) is 11.3 Å². The first kappa shape index (κ1) is 14.7. The molecule has 0 radical (unpaired) electrons. The van der Waals surface area contributed by atoms with E-state index < -0.39 is 0 Å². The van der Waals surface area contributed by atoms with E-state index in [0.29, 0.717) is 20.7 Å². The third-order valence-electron chi connectivity index (χ3n) is 2.35. The molecule has 0 saturated carbocycles. The Balaban J connectivity index is 2.28. The van der Waals surface area contributed by atoms with Crippen LogP contribution in [0.3, 0.4) is 0 Å². The predicted octanol–water partition coefficient (Wildman–Crippen LogP) is 5.10. The molecule has 0 heterocycles. The van der Waals surface area contributed by atoms with E-state index in [2.05, 4.69) is 43.8 Å². The van der Waals surface area contributed by atoms with Crippen molar-refractivity contribution in [3.8, 4) is 0 Å². The first-order chi connectivity index (χ1) is 8.97. The highest BCUT2D eigenvalue weighted by molar-refractivity contribution is 14.1. The average molecular weight is 454 g/mol. The fraction of sp³-hybridized carbons (Fsp3) is 0. The Morgan fingerprint density at radius 2 is 2.00 bits per heavy atom. The number of anilines is 1. The second-order valence-electron chi connectivity index (χ2n) is 3.70. The van der Waals surface area contributed by atoms with Gasteiger partial charge in [0, 0.05) is 13.1 Å². The summed E-state index contributed by atoms with van der Waals surface area (Å²) >= 11 is 11.1. The zero-order chi connectivity index (χ0) is 14.0. The van der Waals surface area contributed by atoms with Crippen LogP contribution >= 0.6 is 50.1 Å². The molecule has 2 aromatic rings. The van der Waals surface area contributed by atoms with E-state index in [1.807, 2.05) is 0 Å². The SMILES string of the molecule is O=C(Nc1ccc(F)cc1Br)c1cc(Cl)ccc1I. The first-order valence-electron chi connectivity index (χ1n) is 5.19. The molecule has 0 saturated heterocycles. The van der Waals surface area contributed by atoms with E-state index in [9.17, 15) is 9.18 Å². The van der Waals surface area contributed by atoms with Crippen LogP contribution in [-0.2, 0) is 0 Å². The van der Waals surface area contributed by atoms with Gasteiger partial charge in [0.2, 0.25) is 0 Å². The topological polar surface area (TPSA) is 29.1 Å². The number of rotatable bonds is 2. The summed E-state index contributed by atoms with van der Waals surface area (Å²) in [4.78, 5) is 12.1. The number of hydrogen-bond donors (Lipinski definition) is 1. The molecule has 19 heavy (non-hydrogen) atoms. The highest BCUT2D eigenvalue weighted by atomic mass is 127. The van der Waals surface area contributed by atoms with E-state index in [1.54, 1.807) is 18.2 Å². The van der Waals surface area contributed by atoms with Crippen molar-refractivity contribution in [3.63, 3.8) is 0 Å². The molecule has 0 aliphatic carbocycles. The number of carbonyl (C=O) groups is 1. The summed E-state index contributed by atoms with van der Waals surface area (Å²) < 4.78 is 14.2. The van der Waals surface area contributed by atoms with Gasteiger partial charge in [0.1, 0.15) is 5.82 Å². The summed E-state index contributed by atoms with van der Waals surface area (Å²) in [5, 5.41) is 3.20. The minimum absolute atomic E-state index is 0.292. The van der Waals surface area contributed by atoms with Gasteiger partial charge in [0.25, 0.3) is 5.91 Å². The van der Waals surface area contributed by atoms with Crippen LogP contribution in [0.15, 0.2) is 40.9 Å². The van der Waals surface area contributed by atoms with Crippen molar-refractivity contribution in [1.82, 2.24) is 0 Å². The summed E-state index contributed by atoms with van der Waals surface area (Å²) in [7, 11) is 0. The molecule has 0 fully saturated rings. The predicted molar refractivity (Wildman–Crippen MR) is 86.2 cm³/mol. The molecule has 0 bridgehead atoms. The third kappa shape index (κ3) is 3.67. The van der Waals surface area contributed by atoms with Gasteiger partial charge in [-0.1, -0.05) is 11.6 Å². The van der Waals surface area contributed by atoms with Gasteiger partial charge in [-0.05, 0) is 74.9 Å². The summed E-state index contributed by atoms with van der Waals surface area (Å²) in [6.45, 7) is 0. The summed E-state index contributed by atoms with van der Waals surface area (Å²) in [5.74, 6) is -0.665. The van der Waals surface area contributed by atoms with Gasteiger partial charge < -0.3 is 5.32 Å². The van der Waals surface area contributed by atoms with Crippen LogP contribution in [0.2, 0.25) is 5.02 Å². The van der Waals surface area contributed by atoms with Crippen LogP contribution in [-0.4, -0.2) is 5.91 Å². The minimum atomic E-state index is -0.373. The summed E-state index contributed by atoms with van der Waals surface area (Å²) in [5.41, 5.74) is 0.978. The molecule has 2 aromatic carbocycles. The van der Waals surface area contributed by atoms with Crippen molar-refractivity contribution < 1.29 is 9.18 Å². The van der Waals surface area contributed by atoms with E-state index in [0.717, 1.165) is 3.57 Å². The van der Waals surface area contributed by atoms with Gasteiger partial charge in [-0.3, -0.25) is 4.79 Å². The molecule has 0 atom stereocenters. The Kier molecular flexibility index (Phi) is 4.81. The highest BCUT2D eigenvalue weighted by Crippen LogP contribution is 2.25. The number of carbonyl (C=O) groups excluding carboxylic acids is 1. The van der Waals surface area contributed by atoms with Crippen LogP contribution in [0, 0.1) is 9.39 Å². The Hall–Kier alpha value is -0.660. The molecule has 98 valence electrons. The van der Waals surface area contributed by atoms with E-state index >= 15 is 0 Å². The quantitative estimate of drug-likeness (QED) is 0.629. The lowest BCUT2D eigenvalue weighted by Crippen LogP contribution is -2.13. The average Bonchev–Trinajstić information content (AvgIpc) is 2.35. The van der Waals surface area contributed by atoms with Crippen molar-refractivity contribution in [2.45, 2.75) is 0 Å². The van der Waals surface area contributed by atoms with Gasteiger partial charge >= 0.3 is 0 Å². The molecule has 0 unspecified atom stereocenters. The molecule has 6 heteroatoms. The number of nitrogens with one attached hydrogen (secondary N) is 1. The standard InChI is InChI=1S/C13H7BrClFINO/c14-10-6-8(16)2-4-12(10)18-13(19)9-5-7(15)1-3-11(9)17/h1-6H,(H,18,19). The van der Waals surface area contributed by atoms with Crippen molar-refractivity contribution in [2.24, 2.45) is 0 Å². The molecule has 0 aliphatic heterocycles. The maximum Gasteiger partial charge on any atom is 0.256 e. The maximum absolute atomic E-state index is 13.0. The smallest absolute Gasteiger partial charge is 0.256 e. The van der Waals surface area contributed by atoms with Crippen molar-refractivity contribution in [2.75, 3.05) is 5.32 Å². The molecule has 0 spiro atoms. The van der Waals surface area contributed by atoms with Crippen LogP contribution < -0.4 is 5.32 Å². The second-order valence-corrected chi connectivity index (χ2v) is 6.16. The fourth-order valence-electron chi connectivity index (χ4n) is 1.45. The third-order valence-corrected chi connectivity index (χ3v) is 4.18. The molecule has 0 aliphatic rings. The number of amides is 1. The van der Waals surface area contributed by atoms with Crippen molar-refractivity contribution >= 4 is 61.7 Å². The van der Waals surface area contributed by atoms with Gasteiger partial charge in [-0.2, -0.15) is 0 Å². The lowest BCUT2D eigenvalue weighted by Gasteiger charge is -2.09. The Morgan fingerprint density at radius 3 is 2.68 bits per heavy atom. The lowest BCUT2D eigenvalue weighted by atomic mass is 10.2. The Labute approximate surface area is 136 Å². The number of hydrogen-bond acceptors (Lipinski definition) is 1. The van der Waals surface area contributed by atoms with E-state index in [1.165, 1.54) is 18.2 Å². The fourth-order valence-corrected chi connectivity index (χ4v) is 2.65. The van der Waals surface area contributed by atoms with Gasteiger partial charge in [-0.15, -0.1) is 0 Å². The van der Waals surface area contributed by atoms with Crippen molar-refractivity contribution in [1.29, 1.82) is 0 Å². The number of halogens is 4. The largest absolute Gasteiger partial charge is 0.321 e. The van der Waals surface area contributed by atoms with E-state index in [4.69, 9.17) is 11.6 Å². The van der Waals surface area contributed by atoms with Crippen LogP contribution in [0.25, 0.3) is 0 Å². The van der Waals surface area contributed by atoms with Crippen LogP contribution in [0.4, 0.5) is 10.1 Å². The first-order valence-corrected chi connectivity index (χ1v) is 7.44. The minimum Gasteiger partial charge on any atom is -0.321 e. The van der Waals surface area contributed by atoms with Crippen LogP contribution in [0.1, 0.15) is 10.4 Å². The molecule has 0 aromatic heterocycles. The zero-order valence-electron chi connectivity index (χ0n) is 9.38. The molecular formula is C13H7BrClFINO. The molecule has 1 N–H and O–H groups in total. The molecule has 1 amide bonds.